The quantitative estimate of drug-likeness (QED) is 0.689. The van der Waals surface area contributed by atoms with Gasteiger partial charge in [0, 0.05) is 10.5 Å². The minimum absolute atomic E-state index is 0.367. The van der Waals surface area contributed by atoms with Crippen molar-refractivity contribution in [2.24, 2.45) is 0 Å². The van der Waals surface area contributed by atoms with Crippen LogP contribution in [0.15, 0.2) is 46.9 Å². The average Bonchev–Trinajstić information content (AvgIpc) is 2.46. The van der Waals surface area contributed by atoms with Crippen LogP contribution < -0.4 is 5.32 Å². The predicted octanol–water partition coefficient (Wildman–Crippen LogP) is 5.52. The summed E-state index contributed by atoms with van der Waals surface area (Å²) in [6.45, 7) is 3.07. The van der Waals surface area contributed by atoms with Crippen molar-refractivity contribution in [3.8, 4) is 0 Å². The summed E-state index contributed by atoms with van der Waals surface area (Å²) in [5.74, 6) is 0. The maximum Gasteiger partial charge on any atom is 0.0595 e. The van der Waals surface area contributed by atoms with E-state index in [4.69, 9.17) is 23.2 Å². The Hall–Kier alpha value is -0.540. The molecule has 1 N–H and O–H groups in total. The summed E-state index contributed by atoms with van der Waals surface area (Å²) in [7, 11) is 0. The Morgan fingerprint density at radius 1 is 1.05 bits per heavy atom. The maximum atomic E-state index is 6.10. The normalized spacial score (nSPS) is 12.4. The second-order valence-corrected chi connectivity index (χ2v) is 6.67. The molecule has 21 heavy (non-hydrogen) atoms. The van der Waals surface area contributed by atoms with Crippen LogP contribution in [0.1, 0.15) is 18.1 Å². The van der Waals surface area contributed by atoms with Crippen molar-refractivity contribution in [3.05, 3.63) is 68.1 Å². The summed E-state index contributed by atoms with van der Waals surface area (Å²) < 4.78 is 1.15. The fourth-order valence-electron chi connectivity index (χ4n) is 2.39. The highest BCUT2D eigenvalue weighted by Gasteiger charge is 2.12. The first-order chi connectivity index (χ1) is 10.1. The second-order valence-electron chi connectivity index (χ2n) is 5.00. The molecule has 4 heteroatoms. The lowest BCUT2D eigenvalue weighted by Gasteiger charge is -2.19. The molecule has 0 bridgehead atoms. The van der Waals surface area contributed by atoms with Crippen LogP contribution >= 0.6 is 39.1 Å². The number of nitrogens with one attached hydrogen (secondary N) is 1. The number of hydrogen-bond acceptors (Lipinski definition) is 1. The molecule has 2 rings (SSSR count). The van der Waals surface area contributed by atoms with Gasteiger partial charge in [-0.15, -0.1) is 0 Å². The molecule has 0 saturated heterocycles. The van der Waals surface area contributed by atoms with Gasteiger partial charge in [0.15, 0.2) is 0 Å². The summed E-state index contributed by atoms with van der Waals surface area (Å²) in [5.41, 5.74) is 2.51. The van der Waals surface area contributed by atoms with Crippen LogP contribution in [0, 0.1) is 0 Å². The van der Waals surface area contributed by atoms with Crippen molar-refractivity contribution in [2.75, 3.05) is 6.54 Å². The standard InChI is InChI=1S/C17H18BrCl2N/c1-2-21-14(11-13-5-3-4-6-15(13)18)9-12-7-8-16(19)17(20)10-12/h3-8,10,14,21H,2,9,11H2,1H3. The molecule has 2 aromatic carbocycles. The van der Waals surface area contributed by atoms with Gasteiger partial charge >= 0.3 is 0 Å². The number of rotatable bonds is 6. The number of halogens is 3. The zero-order valence-electron chi connectivity index (χ0n) is 11.9. The van der Waals surface area contributed by atoms with Gasteiger partial charge in [-0.2, -0.15) is 0 Å². The molecule has 2 aromatic rings. The molecular weight excluding hydrogens is 369 g/mol. The summed E-state index contributed by atoms with van der Waals surface area (Å²) >= 11 is 15.7. The first kappa shape index (κ1) is 16.8. The highest BCUT2D eigenvalue weighted by molar-refractivity contribution is 9.10. The molecule has 0 aliphatic carbocycles. The van der Waals surface area contributed by atoms with E-state index in [0.29, 0.717) is 16.1 Å². The van der Waals surface area contributed by atoms with Gasteiger partial charge in [0.1, 0.15) is 0 Å². The first-order valence-electron chi connectivity index (χ1n) is 7.01. The lowest BCUT2D eigenvalue weighted by molar-refractivity contribution is 0.521. The molecule has 0 heterocycles. The lowest BCUT2D eigenvalue weighted by Crippen LogP contribution is -2.33. The Labute approximate surface area is 144 Å². The van der Waals surface area contributed by atoms with E-state index < -0.39 is 0 Å². The molecule has 0 aromatic heterocycles. The summed E-state index contributed by atoms with van der Waals surface area (Å²) in [4.78, 5) is 0. The van der Waals surface area contributed by atoms with Crippen LogP contribution in [0.4, 0.5) is 0 Å². The van der Waals surface area contributed by atoms with Crippen molar-refractivity contribution in [1.29, 1.82) is 0 Å². The third-order valence-electron chi connectivity index (χ3n) is 3.38. The molecule has 0 saturated carbocycles. The SMILES string of the molecule is CCNC(Cc1ccc(Cl)c(Cl)c1)Cc1ccccc1Br. The van der Waals surface area contributed by atoms with Crippen LogP contribution in [0.3, 0.4) is 0 Å². The van der Waals surface area contributed by atoms with Crippen molar-refractivity contribution < 1.29 is 0 Å². The van der Waals surface area contributed by atoms with Crippen molar-refractivity contribution >= 4 is 39.1 Å². The Balaban J connectivity index is 2.11. The van der Waals surface area contributed by atoms with Gasteiger partial charge in [0.05, 0.1) is 10.0 Å². The van der Waals surface area contributed by atoms with Crippen LogP contribution in [-0.2, 0) is 12.8 Å². The van der Waals surface area contributed by atoms with Crippen LogP contribution in [-0.4, -0.2) is 12.6 Å². The van der Waals surface area contributed by atoms with Crippen molar-refractivity contribution in [2.45, 2.75) is 25.8 Å². The molecule has 0 amide bonds. The van der Waals surface area contributed by atoms with E-state index in [1.807, 2.05) is 24.3 Å². The van der Waals surface area contributed by atoms with Crippen LogP contribution in [0.25, 0.3) is 0 Å². The molecule has 0 aliphatic rings. The maximum absolute atomic E-state index is 6.10. The topological polar surface area (TPSA) is 12.0 Å². The first-order valence-corrected chi connectivity index (χ1v) is 8.55. The van der Waals surface area contributed by atoms with E-state index >= 15 is 0 Å². The van der Waals surface area contributed by atoms with E-state index in [-0.39, 0.29) is 0 Å². The van der Waals surface area contributed by atoms with E-state index in [0.717, 1.165) is 23.9 Å². The van der Waals surface area contributed by atoms with Crippen LogP contribution in [0.2, 0.25) is 10.0 Å². The Kier molecular flexibility index (Phi) is 6.56. The molecular formula is C17H18BrCl2N. The zero-order valence-corrected chi connectivity index (χ0v) is 15.0. The summed E-state index contributed by atoms with van der Waals surface area (Å²) in [5, 5.41) is 4.76. The molecule has 0 spiro atoms. The minimum atomic E-state index is 0.367. The zero-order chi connectivity index (χ0) is 15.2. The monoisotopic (exact) mass is 385 g/mol. The third-order valence-corrected chi connectivity index (χ3v) is 4.90. The minimum Gasteiger partial charge on any atom is -0.314 e. The van der Waals surface area contributed by atoms with E-state index in [2.05, 4.69) is 46.4 Å². The fraction of sp³-hybridized carbons (Fsp3) is 0.294. The molecule has 112 valence electrons. The lowest BCUT2D eigenvalue weighted by atomic mass is 9.99. The second kappa shape index (κ2) is 8.19. The van der Waals surface area contributed by atoms with E-state index in [1.165, 1.54) is 11.1 Å². The van der Waals surface area contributed by atoms with Gasteiger partial charge in [0.25, 0.3) is 0 Å². The average molecular weight is 387 g/mol. The van der Waals surface area contributed by atoms with Gasteiger partial charge in [-0.3, -0.25) is 0 Å². The Morgan fingerprint density at radius 3 is 2.48 bits per heavy atom. The molecule has 0 radical (unpaired) electrons. The van der Waals surface area contributed by atoms with Gasteiger partial charge in [0.2, 0.25) is 0 Å². The van der Waals surface area contributed by atoms with Crippen LogP contribution in [0.5, 0.6) is 0 Å². The van der Waals surface area contributed by atoms with E-state index in [9.17, 15) is 0 Å². The predicted molar refractivity (Wildman–Crippen MR) is 95.5 cm³/mol. The highest BCUT2D eigenvalue weighted by Crippen LogP contribution is 2.24. The largest absolute Gasteiger partial charge is 0.314 e. The number of hydrogen-bond donors (Lipinski definition) is 1. The number of likely N-dealkylation sites (N-methyl/N-ethyl adjacent to an activating group) is 1. The summed E-state index contributed by atoms with van der Waals surface area (Å²) in [6.07, 6.45) is 1.89. The molecule has 1 nitrogen and oxygen atoms in total. The van der Waals surface area contributed by atoms with Gasteiger partial charge in [-0.1, -0.05) is 70.3 Å². The molecule has 0 aliphatic heterocycles. The molecule has 1 unspecified atom stereocenters. The van der Waals surface area contributed by atoms with Gasteiger partial charge in [-0.25, -0.2) is 0 Å². The third kappa shape index (κ3) is 5.00. The molecule has 1 atom stereocenters. The highest BCUT2D eigenvalue weighted by atomic mass is 79.9. The van der Waals surface area contributed by atoms with Gasteiger partial charge in [-0.05, 0) is 48.7 Å². The van der Waals surface area contributed by atoms with Gasteiger partial charge < -0.3 is 5.32 Å². The fourth-order valence-corrected chi connectivity index (χ4v) is 3.15. The summed E-state index contributed by atoms with van der Waals surface area (Å²) in [6, 6.07) is 14.6. The smallest absolute Gasteiger partial charge is 0.0595 e. The Morgan fingerprint density at radius 2 is 1.81 bits per heavy atom. The van der Waals surface area contributed by atoms with Crippen molar-refractivity contribution in [1.82, 2.24) is 5.32 Å². The molecule has 0 fully saturated rings. The van der Waals surface area contributed by atoms with E-state index in [1.54, 1.807) is 0 Å². The number of benzene rings is 2. The Bertz CT molecular complexity index is 601. The van der Waals surface area contributed by atoms with Crippen molar-refractivity contribution in [3.63, 3.8) is 0 Å².